The molecule has 1 atom stereocenters. The molecule has 0 saturated heterocycles. The van der Waals surface area contributed by atoms with Gasteiger partial charge in [0.25, 0.3) is 10.1 Å². The summed E-state index contributed by atoms with van der Waals surface area (Å²) in [6.07, 6.45) is 0.221. The van der Waals surface area contributed by atoms with Gasteiger partial charge in [-0.15, -0.1) is 0 Å². The molecule has 7 heteroatoms. The summed E-state index contributed by atoms with van der Waals surface area (Å²) in [5.41, 5.74) is 0. The van der Waals surface area contributed by atoms with Crippen LogP contribution in [-0.4, -0.2) is 53.7 Å². The fourth-order valence-electron chi connectivity index (χ4n) is 0.745. The van der Waals surface area contributed by atoms with Gasteiger partial charge in [-0.2, -0.15) is 8.42 Å². The minimum absolute atomic E-state index is 0. The van der Waals surface area contributed by atoms with Gasteiger partial charge in [0.1, 0.15) is 0 Å². The summed E-state index contributed by atoms with van der Waals surface area (Å²) in [5, 5.41) is 2.50. The largest absolute Gasteiger partial charge is 0.354 e. The number of amides is 1. The standard InChI is InChI=1S/C6H13NO4S.Mg/c1-5(7-6(2)8)3-4-12(9,10)11;/h5H,3-4H2,1-2H3,(H,7,8)(H,9,10,11);. The Bertz CT molecular complexity index is 251. The van der Waals surface area contributed by atoms with E-state index in [0.29, 0.717) is 0 Å². The first-order valence-corrected chi connectivity index (χ1v) is 5.14. The van der Waals surface area contributed by atoms with Crippen molar-refractivity contribution in [3.63, 3.8) is 0 Å². The van der Waals surface area contributed by atoms with Gasteiger partial charge in [0.2, 0.25) is 5.91 Å². The highest BCUT2D eigenvalue weighted by Crippen LogP contribution is 1.94. The molecule has 0 spiro atoms. The average Bonchev–Trinajstić information content (AvgIpc) is 1.80. The van der Waals surface area contributed by atoms with Crippen molar-refractivity contribution in [2.45, 2.75) is 26.3 Å². The molecule has 13 heavy (non-hydrogen) atoms. The third-order valence-corrected chi connectivity index (χ3v) is 2.01. The predicted octanol–water partition coefficient (Wildman–Crippen LogP) is -0.592. The smallest absolute Gasteiger partial charge is 0.264 e. The summed E-state index contributed by atoms with van der Waals surface area (Å²) >= 11 is 0. The highest BCUT2D eigenvalue weighted by Gasteiger charge is 2.09. The normalized spacial score (nSPS) is 12.8. The van der Waals surface area contributed by atoms with E-state index in [9.17, 15) is 13.2 Å². The lowest BCUT2D eigenvalue weighted by Crippen LogP contribution is -2.31. The van der Waals surface area contributed by atoms with Crippen molar-refractivity contribution in [3.05, 3.63) is 0 Å². The Morgan fingerprint density at radius 3 is 2.31 bits per heavy atom. The van der Waals surface area contributed by atoms with Crippen LogP contribution >= 0.6 is 0 Å². The van der Waals surface area contributed by atoms with Gasteiger partial charge in [0.15, 0.2) is 0 Å². The van der Waals surface area contributed by atoms with Crippen molar-refractivity contribution < 1.29 is 17.8 Å². The van der Waals surface area contributed by atoms with E-state index in [1.807, 2.05) is 0 Å². The van der Waals surface area contributed by atoms with Crippen LogP contribution in [-0.2, 0) is 14.9 Å². The van der Waals surface area contributed by atoms with E-state index in [-0.39, 0.29) is 47.2 Å². The van der Waals surface area contributed by atoms with Crippen LogP contribution in [0.15, 0.2) is 0 Å². The minimum atomic E-state index is -3.91. The number of hydrogen-bond acceptors (Lipinski definition) is 3. The van der Waals surface area contributed by atoms with E-state index in [1.54, 1.807) is 6.92 Å². The second-order valence-electron chi connectivity index (χ2n) is 2.68. The lowest BCUT2D eigenvalue weighted by Gasteiger charge is -2.10. The molecule has 0 bridgehead atoms. The molecule has 1 amide bonds. The Kier molecular flexibility index (Phi) is 7.90. The first-order valence-electron chi connectivity index (χ1n) is 3.53. The molecule has 0 saturated carbocycles. The van der Waals surface area contributed by atoms with Crippen LogP contribution in [0.25, 0.3) is 0 Å². The van der Waals surface area contributed by atoms with Crippen LogP contribution in [0.5, 0.6) is 0 Å². The molecule has 0 fully saturated rings. The van der Waals surface area contributed by atoms with Crippen molar-refractivity contribution in [2.75, 3.05) is 5.75 Å². The Labute approximate surface area is 94.2 Å². The first kappa shape index (κ1) is 15.6. The summed E-state index contributed by atoms with van der Waals surface area (Å²) in [6.45, 7) is 3.02. The molecule has 0 aliphatic heterocycles. The maximum atomic E-state index is 10.5. The van der Waals surface area contributed by atoms with E-state index in [1.165, 1.54) is 6.92 Å². The monoisotopic (exact) mass is 219 g/mol. The van der Waals surface area contributed by atoms with Crippen LogP contribution in [0.4, 0.5) is 0 Å². The zero-order valence-electron chi connectivity index (χ0n) is 7.78. The quantitative estimate of drug-likeness (QED) is 0.489. The minimum Gasteiger partial charge on any atom is -0.354 e. The number of rotatable bonds is 4. The molecule has 1 unspecified atom stereocenters. The zero-order valence-corrected chi connectivity index (χ0v) is 10.0. The Balaban J connectivity index is 0. The molecule has 5 nitrogen and oxygen atoms in total. The first-order chi connectivity index (χ1) is 5.31. The van der Waals surface area contributed by atoms with Crippen molar-refractivity contribution in [2.24, 2.45) is 0 Å². The van der Waals surface area contributed by atoms with E-state index in [2.05, 4.69) is 5.32 Å². The Morgan fingerprint density at radius 1 is 1.54 bits per heavy atom. The van der Waals surface area contributed by atoms with Crippen LogP contribution in [0.1, 0.15) is 20.3 Å². The van der Waals surface area contributed by atoms with Crippen molar-refractivity contribution in [1.29, 1.82) is 0 Å². The van der Waals surface area contributed by atoms with E-state index in [0.717, 1.165) is 0 Å². The molecule has 2 N–H and O–H groups in total. The molecule has 0 aromatic rings. The molecular formula is C6H13MgNO4S. The SMILES string of the molecule is CC(=O)NC(C)CCS(=O)(=O)O.[Mg]. The lowest BCUT2D eigenvalue weighted by atomic mass is 10.2. The van der Waals surface area contributed by atoms with Crippen LogP contribution < -0.4 is 5.32 Å². The maximum Gasteiger partial charge on any atom is 0.264 e. The molecule has 74 valence electrons. The van der Waals surface area contributed by atoms with Gasteiger partial charge in [-0.25, -0.2) is 0 Å². The molecule has 0 aromatic carbocycles. The van der Waals surface area contributed by atoms with Crippen molar-refractivity contribution >= 4 is 39.1 Å². The molecule has 0 aromatic heterocycles. The van der Waals surface area contributed by atoms with Gasteiger partial charge in [0, 0.05) is 36.0 Å². The highest BCUT2D eigenvalue weighted by atomic mass is 32.2. The molecule has 2 radical (unpaired) electrons. The fourth-order valence-corrected chi connectivity index (χ4v) is 1.40. The summed E-state index contributed by atoms with van der Waals surface area (Å²) in [5.74, 6) is -0.535. The molecular weight excluding hydrogens is 206 g/mol. The van der Waals surface area contributed by atoms with Gasteiger partial charge >= 0.3 is 0 Å². The van der Waals surface area contributed by atoms with E-state index < -0.39 is 10.1 Å². The van der Waals surface area contributed by atoms with Gasteiger partial charge < -0.3 is 5.32 Å². The van der Waals surface area contributed by atoms with Crippen molar-refractivity contribution in [1.82, 2.24) is 5.32 Å². The summed E-state index contributed by atoms with van der Waals surface area (Å²) in [4.78, 5) is 10.5. The summed E-state index contributed by atoms with van der Waals surface area (Å²) in [6, 6.07) is -0.232. The lowest BCUT2D eigenvalue weighted by molar-refractivity contribution is -0.119. The molecule has 0 aliphatic rings. The number of nitrogens with one attached hydrogen (secondary N) is 1. The van der Waals surface area contributed by atoms with Gasteiger partial charge in [-0.3, -0.25) is 9.35 Å². The third kappa shape index (κ3) is 12.1. The Hall–Kier alpha value is 0.146. The highest BCUT2D eigenvalue weighted by molar-refractivity contribution is 7.85. The topological polar surface area (TPSA) is 83.5 Å². The van der Waals surface area contributed by atoms with Crippen LogP contribution in [0.3, 0.4) is 0 Å². The second-order valence-corrected chi connectivity index (χ2v) is 4.25. The summed E-state index contributed by atoms with van der Waals surface area (Å²) in [7, 11) is -3.91. The molecule has 0 heterocycles. The van der Waals surface area contributed by atoms with E-state index in [4.69, 9.17) is 4.55 Å². The second kappa shape index (κ2) is 6.58. The number of hydrogen-bond donors (Lipinski definition) is 2. The van der Waals surface area contributed by atoms with Crippen LogP contribution in [0.2, 0.25) is 0 Å². The van der Waals surface area contributed by atoms with E-state index >= 15 is 0 Å². The van der Waals surface area contributed by atoms with Gasteiger partial charge in [-0.05, 0) is 13.3 Å². The van der Waals surface area contributed by atoms with Gasteiger partial charge in [-0.1, -0.05) is 0 Å². The number of carbonyl (C=O) groups is 1. The molecule has 0 rings (SSSR count). The number of carbonyl (C=O) groups excluding carboxylic acids is 1. The maximum absolute atomic E-state index is 10.5. The summed E-state index contributed by atoms with van der Waals surface area (Å²) < 4.78 is 28.9. The average molecular weight is 220 g/mol. The van der Waals surface area contributed by atoms with Crippen molar-refractivity contribution in [3.8, 4) is 0 Å². The predicted molar refractivity (Wildman–Crippen MR) is 50.1 cm³/mol. The third-order valence-electron chi connectivity index (χ3n) is 1.26. The van der Waals surface area contributed by atoms with Gasteiger partial charge in [0.05, 0.1) is 5.75 Å². The Morgan fingerprint density at radius 2 is 2.00 bits per heavy atom. The zero-order chi connectivity index (χ0) is 9.78. The molecule has 0 aliphatic carbocycles. The van der Waals surface area contributed by atoms with Crippen LogP contribution in [0, 0.1) is 0 Å². The fraction of sp³-hybridized carbons (Fsp3) is 0.833.